The molecular formula is C16H11NO6S. The lowest BCUT2D eigenvalue weighted by atomic mass is 10.0. The molecule has 0 aliphatic carbocycles. The van der Waals surface area contributed by atoms with E-state index in [9.17, 15) is 19.7 Å². The number of esters is 1. The van der Waals surface area contributed by atoms with Crippen LogP contribution in [0, 0.1) is 10.1 Å². The van der Waals surface area contributed by atoms with Crippen LogP contribution in [0.1, 0.15) is 30.5 Å². The number of benzene rings is 1. The monoisotopic (exact) mass is 345 g/mol. The van der Waals surface area contributed by atoms with Crippen LogP contribution < -0.4 is 4.74 Å². The van der Waals surface area contributed by atoms with Crippen LogP contribution in [0.25, 0.3) is 0 Å². The first kappa shape index (κ1) is 15.9. The molecule has 1 N–H and O–H groups in total. The smallest absolute Gasteiger partial charge is 0.346 e. The third-order valence-electron chi connectivity index (χ3n) is 3.51. The highest BCUT2D eigenvalue weighted by atomic mass is 32.1. The molecule has 0 unspecified atom stereocenters. The van der Waals surface area contributed by atoms with Crippen molar-refractivity contribution in [1.29, 1.82) is 0 Å². The van der Waals surface area contributed by atoms with Gasteiger partial charge in [0.2, 0.25) is 0 Å². The highest BCUT2D eigenvalue weighted by Crippen LogP contribution is 2.32. The van der Waals surface area contributed by atoms with E-state index < -0.39 is 16.9 Å². The van der Waals surface area contributed by atoms with Gasteiger partial charge in [0.15, 0.2) is 0 Å². The number of nitro groups is 1. The Hall–Kier alpha value is -3.00. The minimum absolute atomic E-state index is 0.0874. The number of hydrogen-bond acceptors (Lipinski definition) is 6. The summed E-state index contributed by atoms with van der Waals surface area (Å²) in [4.78, 5) is 34.6. The van der Waals surface area contributed by atoms with Crippen molar-refractivity contribution < 1.29 is 24.4 Å². The van der Waals surface area contributed by atoms with Gasteiger partial charge in [0.05, 0.1) is 15.4 Å². The largest absolute Gasteiger partial charge is 0.477 e. The van der Waals surface area contributed by atoms with Gasteiger partial charge in [-0.3, -0.25) is 10.1 Å². The SMILES string of the molecule is O=C(O)c1cc2c(s1)CC=CCc1cc([N+](=O)[O-])ccc1C(=O)O2. The fourth-order valence-corrected chi connectivity index (χ4v) is 3.26. The molecular weight excluding hydrogens is 334 g/mol. The van der Waals surface area contributed by atoms with Crippen LogP contribution in [0.4, 0.5) is 5.69 Å². The standard InChI is InChI=1S/C16H11NO6S/c18-15(19)14-8-12-13(24-14)4-2-1-3-9-7-10(17(21)22)5-6-11(9)16(20)23-12/h1-2,5-8H,3-4H2,(H,18,19). The van der Waals surface area contributed by atoms with Crippen LogP contribution in [0.3, 0.4) is 0 Å². The molecule has 0 amide bonds. The van der Waals surface area contributed by atoms with Gasteiger partial charge in [-0.15, -0.1) is 11.3 Å². The number of nitrogens with zero attached hydrogens (tertiary/aromatic N) is 1. The molecule has 2 aromatic rings. The first-order valence-corrected chi connectivity index (χ1v) is 7.78. The second-order valence-electron chi connectivity index (χ2n) is 5.07. The summed E-state index contributed by atoms with van der Waals surface area (Å²) in [6.07, 6.45) is 4.39. The number of rotatable bonds is 2. The van der Waals surface area contributed by atoms with Gasteiger partial charge < -0.3 is 9.84 Å². The fraction of sp³-hybridized carbons (Fsp3) is 0.125. The average molecular weight is 345 g/mol. The van der Waals surface area contributed by atoms with E-state index >= 15 is 0 Å². The van der Waals surface area contributed by atoms with E-state index in [0.717, 1.165) is 11.3 Å². The number of allylic oxidation sites excluding steroid dienone is 2. The number of carboxylic acid groups (broad SMARTS) is 1. The summed E-state index contributed by atoms with van der Waals surface area (Å²) in [6, 6.07) is 5.27. The summed E-state index contributed by atoms with van der Waals surface area (Å²) in [5, 5.41) is 20.0. The molecule has 2 heterocycles. The van der Waals surface area contributed by atoms with Crippen molar-refractivity contribution in [3.63, 3.8) is 0 Å². The number of fused-ring (bicyclic) bond motifs is 2. The second kappa shape index (κ2) is 6.25. The number of aromatic carboxylic acids is 1. The molecule has 122 valence electrons. The van der Waals surface area contributed by atoms with Crippen LogP contribution in [-0.4, -0.2) is 22.0 Å². The van der Waals surface area contributed by atoms with Crippen LogP contribution >= 0.6 is 11.3 Å². The molecule has 0 atom stereocenters. The minimum Gasteiger partial charge on any atom is -0.477 e. The number of carbonyl (C=O) groups excluding carboxylic acids is 1. The molecule has 0 saturated carbocycles. The number of ether oxygens (including phenoxy) is 1. The van der Waals surface area contributed by atoms with Gasteiger partial charge in [0.1, 0.15) is 10.6 Å². The van der Waals surface area contributed by atoms with Crippen molar-refractivity contribution in [1.82, 2.24) is 0 Å². The van der Waals surface area contributed by atoms with E-state index in [0.29, 0.717) is 23.3 Å². The van der Waals surface area contributed by atoms with Gasteiger partial charge in [-0.05, 0) is 18.1 Å². The molecule has 24 heavy (non-hydrogen) atoms. The van der Waals surface area contributed by atoms with Gasteiger partial charge in [-0.2, -0.15) is 0 Å². The number of hydrogen-bond donors (Lipinski definition) is 1. The zero-order chi connectivity index (χ0) is 17.3. The normalized spacial score (nSPS) is 13.6. The van der Waals surface area contributed by atoms with Crippen molar-refractivity contribution >= 4 is 29.0 Å². The quantitative estimate of drug-likeness (QED) is 0.387. The molecule has 1 aliphatic rings. The average Bonchev–Trinajstić information content (AvgIpc) is 2.94. The Kier molecular flexibility index (Phi) is 4.13. The van der Waals surface area contributed by atoms with Gasteiger partial charge in [0.25, 0.3) is 5.69 Å². The molecule has 0 radical (unpaired) electrons. The van der Waals surface area contributed by atoms with Crippen LogP contribution in [0.2, 0.25) is 0 Å². The lowest BCUT2D eigenvalue weighted by molar-refractivity contribution is -0.384. The van der Waals surface area contributed by atoms with Crippen molar-refractivity contribution in [3.8, 4) is 5.75 Å². The van der Waals surface area contributed by atoms with E-state index in [2.05, 4.69) is 0 Å². The first-order chi connectivity index (χ1) is 11.5. The first-order valence-electron chi connectivity index (χ1n) is 6.96. The third kappa shape index (κ3) is 3.04. The molecule has 1 aromatic heterocycles. The van der Waals surface area contributed by atoms with Gasteiger partial charge in [-0.25, -0.2) is 9.59 Å². The minimum atomic E-state index is -1.08. The lowest BCUT2D eigenvalue weighted by Crippen LogP contribution is -2.12. The summed E-state index contributed by atoms with van der Waals surface area (Å²) in [7, 11) is 0. The van der Waals surface area contributed by atoms with E-state index in [1.807, 2.05) is 6.08 Å². The summed E-state index contributed by atoms with van der Waals surface area (Å²) in [5.74, 6) is -1.54. The van der Waals surface area contributed by atoms with Crippen molar-refractivity contribution in [2.24, 2.45) is 0 Å². The van der Waals surface area contributed by atoms with Gasteiger partial charge in [0, 0.05) is 24.6 Å². The molecule has 3 rings (SSSR count). The van der Waals surface area contributed by atoms with E-state index in [1.165, 1.54) is 24.3 Å². The van der Waals surface area contributed by atoms with E-state index in [4.69, 9.17) is 9.84 Å². The molecule has 0 spiro atoms. The van der Waals surface area contributed by atoms with E-state index in [-0.39, 0.29) is 21.9 Å². The Morgan fingerprint density at radius 1 is 1.25 bits per heavy atom. The Morgan fingerprint density at radius 3 is 2.71 bits per heavy atom. The van der Waals surface area contributed by atoms with Crippen LogP contribution in [0.5, 0.6) is 5.75 Å². The molecule has 8 heteroatoms. The fourth-order valence-electron chi connectivity index (χ4n) is 2.36. The van der Waals surface area contributed by atoms with Gasteiger partial charge >= 0.3 is 11.9 Å². The molecule has 7 nitrogen and oxygen atoms in total. The van der Waals surface area contributed by atoms with Gasteiger partial charge in [-0.1, -0.05) is 12.2 Å². The predicted molar refractivity (Wildman–Crippen MR) is 85.9 cm³/mol. The Bertz CT molecular complexity index is 883. The Labute approximate surface area is 140 Å². The Balaban J connectivity index is 2.03. The molecule has 1 aromatic carbocycles. The maximum Gasteiger partial charge on any atom is 0.346 e. The highest BCUT2D eigenvalue weighted by molar-refractivity contribution is 7.14. The number of nitro benzene ring substituents is 1. The lowest BCUT2D eigenvalue weighted by Gasteiger charge is -2.10. The number of carboxylic acids is 1. The molecule has 1 aliphatic heterocycles. The van der Waals surface area contributed by atoms with Crippen LogP contribution in [-0.2, 0) is 12.8 Å². The molecule has 0 saturated heterocycles. The number of carbonyl (C=O) groups is 2. The molecule has 0 bridgehead atoms. The summed E-state index contributed by atoms with van der Waals surface area (Å²) in [6.45, 7) is 0. The third-order valence-corrected chi connectivity index (χ3v) is 4.64. The van der Waals surface area contributed by atoms with Crippen molar-refractivity contribution in [2.75, 3.05) is 0 Å². The maximum atomic E-state index is 12.4. The number of thiophene rings is 1. The van der Waals surface area contributed by atoms with Crippen LogP contribution in [0.15, 0.2) is 36.4 Å². The number of non-ortho nitro benzene ring substituents is 1. The topological polar surface area (TPSA) is 107 Å². The van der Waals surface area contributed by atoms with Crippen molar-refractivity contribution in [3.05, 3.63) is 67.4 Å². The molecule has 0 fully saturated rings. The Morgan fingerprint density at radius 2 is 2.00 bits per heavy atom. The van der Waals surface area contributed by atoms with Crippen molar-refractivity contribution in [2.45, 2.75) is 12.8 Å². The summed E-state index contributed by atoms with van der Waals surface area (Å²) >= 11 is 1.05. The summed E-state index contributed by atoms with van der Waals surface area (Å²) < 4.78 is 5.33. The zero-order valence-electron chi connectivity index (χ0n) is 12.2. The second-order valence-corrected chi connectivity index (χ2v) is 6.21. The maximum absolute atomic E-state index is 12.4. The van der Waals surface area contributed by atoms with E-state index in [1.54, 1.807) is 6.08 Å². The zero-order valence-corrected chi connectivity index (χ0v) is 13.0. The predicted octanol–water partition coefficient (Wildman–Crippen LogP) is 3.23. The highest BCUT2D eigenvalue weighted by Gasteiger charge is 2.21. The summed E-state index contributed by atoms with van der Waals surface area (Å²) in [5.41, 5.74) is 0.611.